The van der Waals surface area contributed by atoms with E-state index in [1.807, 2.05) is 6.92 Å². The van der Waals surface area contributed by atoms with Gasteiger partial charge in [-0.1, -0.05) is 25.7 Å². The molecule has 2 fully saturated rings. The highest BCUT2D eigenvalue weighted by molar-refractivity contribution is 7.16. The summed E-state index contributed by atoms with van der Waals surface area (Å²) in [5, 5.41) is 3.09. The van der Waals surface area contributed by atoms with Gasteiger partial charge in [0, 0.05) is 29.4 Å². The molecule has 1 amide bonds. The van der Waals surface area contributed by atoms with Gasteiger partial charge in [-0.2, -0.15) is 0 Å². The quantitative estimate of drug-likeness (QED) is 0.874. The van der Waals surface area contributed by atoms with Gasteiger partial charge in [0.15, 0.2) is 4.96 Å². The van der Waals surface area contributed by atoms with Crippen molar-refractivity contribution in [2.45, 2.75) is 63.8 Å². The van der Waals surface area contributed by atoms with Gasteiger partial charge in [-0.15, -0.1) is 11.3 Å². The van der Waals surface area contributed by atoms with E-state index >= 15 is 0 Å². The van der Waals surface area contributed by atoms with Crippen LogP contribution in [0.5, 0.6) is 0 Å². The first-order valence-corrected chi connectivity index (χ1v) is 10.9. The molecule has 0 atom stereocenters. The summed E-state index contributed by atoms with van der Waals surface area (Å²) in [6, 6.07) is 0. The highest BCUT2D eigenvalue weighted by atomic mass is 32.1. The van der Waals surface area contributed by atoms with Gasteiger partial charge in [0.25, 0.3) is 11.5 Å². The molecule has 0 spiro atoms. The molecule has 146 valence electrons. The first-order chi connectivity index (χ1) is 13.1. The van der Waals surface area contributed by atoms with Crippen molar-refractivity contribution < 1.29 is 4.79 Å². The van der Waals surface area contributed by atoms with Crippen molar-refractivity contribution in [3.05, 3.63) is 33.2 Å². The molecule has 0 unspecified atom stereocenters. The lowest BCUT2D eigenvalue weighted by molar-refractivity contribution is 0.0326. The summed E-state index contributed by atoms with van der Waals surface area (Å²) in [6.07, 6.45) is 13.0. The molecule has 1 saturated carbocycles. The van der Waals surface area contributed by atoms with Crippen molar-refractivity contribution in [2.24, 2.45) is 0 Å². The summed E-state index contributed by atoms with van der Waals surface area (Å²) in [7, 11) is 0. The van der Waals surface area contributed by atoms with Crippen LogP contribution in [0.4, 0.5) is 0 Å². The number of thiazole rings is 1. The monoisotopic (exact) mass is 388 g/mol. The van der Waals surface area contributed by atoms with Gasteiger partial charge < -0.3 is 5.32 Å². The number of hydrogen-bond donors (Lipinski definition) is 1. The van der Waals surface area contributed by atoms with Crippen LogP contribution in [0.3, 0.4) is 0 Å². The van der Waals surface area contributed by atoms with E-state index in [0.29, 0.717) is 11.5 Å². The third-order valence-corrected chi connectivity index (χ3v) is 7.07. The Labute approximate surface area is 163 Å². The van der Waals surface area contributed by atoms with E-state index < -0.39 is 0 Å². The normalized spacial score (nSPS) is 20.6. The number of fused-ring (bicyclic) bond motifs is 1. The molecule has 2 aliphatic rings. The van der Waals surface area contributed by atoms with Crippen molar-refractivity contribution in [1.82, 2.24) is 19.6 Å². The molecule has 7 heteroatoms. The molecule has 27 heavy (non-hydrogen) atoms. The molecule has 1 aliphatic carbocycles. The number of nitrogens with zero attached hydrogens (tertiary/aromatic N) is 3. The molecule has 0 aromatic carbocycles. The van der Waals surface area contributed by atoms with Crippen molar-refractivity contribution >= 4 is 22.2 Å². The Morgan fingerprint density at radius 1 is 1.19 bits per heavy atom. The van der Waals surface area contributed by atoms with Crippen molar-refractivity contribution in [2.75, 3.05) is 19.6 Å². The summed E-state index contributed by atoms with van der Waals surface area (Å²) < 4.78 is 1.48. The minimum Gasteiger partial charge on any atom is -0.350 e. The predicted molar refractivity (Wildman–Crippen MR) is 108 cm³/mol. The van der Waals surface area contributed by atoms with Crippen LogP contribution in [0.1, 0.15) is 66.6 Å². The SMILES string of the molecule is Cc1cn2c(=O)c(C(=O)NCC3(N4CCCCC4)CCCCC3)cnc2s1. The summed E-state index contributed by atoms with van der Waals surface area (Å²) in [4.78, 5) is 34.0. The second kappa shape index (κ2) is 7.72. The molecule has 0 bridgehead atoms. The fraction of sp³-hybridized carbons (Fsp3) is 0.650. The Kier molecular flexibility index (Phi) is 5.32. The molecule has 2 aromatic rings. The van der Waals surface area contributed by atoms with Crippen molar-refractivity contribution in [3.8, 4) is 0 Å². The number of aryl methyl sites for hydroxylation is 1. The van der Waals surface area contributed by atoms with Crippen LogP contribution >= 0.6 is 11.3 Å². The maximum absolute atomic E-state index is 12.8. The summed E-state index contributed by atoms with van der Waals surface area (Å²) in [5.41, 5.74) is -0.0893. The zero-order valence-electron chi connectivity index (χ0n) is 16.0. The Morgan fingerprint density at radius 2 is 1.89 bits per heavy atom. The standard InChI is InChI=1S/C20H28N4O2S/c1-15-13-24-18(26)16(12-21-19(24)27-15)17(25)22-14-20(8-4-2-5-9-20)23-10-6-3-7-11-23/h12-13H,2-11,14H2,1H3,(H,22,25). The zero-order chi connectivity index (χ0) is 18.9. The number of rotatable bonds is 4. The molecule has 4 rings (SSSR count). The smallest absolute Gasteiger partial charge is 0.271 e. The van der Waals surface area contributed by atoms with Crippen molar-refractivity contribution in [1.29, 1.82) is 0 Å². The van der Waals surface area contributed by atoms with Gasteiger partial charge in [0.05, 0.1) is 0 Å². The second-order valence-electron chi connectivity index (χ2n) is 7.99. The molecule has 1 N–H and O–H groups in total. The molecule has 6 nitrogen and oxygen atoms in total. The number of nitrogens with one attached hydrogen (secondary N) is 1. The summed E-state index contributed by atoms with van der Waals surface area (Å²) in [6.45, 7) is 4.81. The highest BCUT2D eigenvalue weighted by Crippen LogP contribution is 2.35. The van der Waals surface area contributed by atoms with Gasteiger partial charge in [-0.3, -0.25) is 18.9 Å². The lowest BCUT2D eigenvalue weighted by Gasteiger charge is -2.48. The van der Waals surface area contributed by atoms with E-state index in [9.17, 15) is 9.59 Å². The Morgan fingerprint density at radius 3 is 2.63 bits per heavy atom. The van der Waals surface area contributed by atoms with Crippen LogP contribution in [0, 0.1) is 6.92 Å². The lowest BCUT2D eigenvalue weighted by Crippen LogP contribution is -2.58. The van der Waals surface area contributed by atoms with Crippen LogP contribution in [-0.2, 0) is 0 Å². The van der Waals surface area contributed by atoms with E-state index in [4.69, 9.17) is 0 Å². The van der Waals surface area contributed by atoms with E-state index in [0.717, 1.165) is 30.8 Å². The Bertz CT molecular complexity index is 876. The van der Waals surface area contributed by atoms with Crippen LogP contribution in [0.2, 0.25) is 0 Å². The van der Waals surface area contributed by atoms with Crippen LogP contribution < -0.4 is 10.9 Å². The number of piperidine rings is 1. The maximum atomic E-state index is 12.8. The minimum absolute atomic E-state index is 0.0566. The fourth-order valence-electron chi connectivity index (χ4n) is 4.67. The van der Waals surface area contributed by atoms with Gasteiger partial charge in [-0.25, -0.2) is 4.98 Å². The Hall–Kier alpha value is -1.73. The number of amides is 1. The fourth-order valence-corrected chi connectivity index (χ4v) is 5.46. The number of aromatic nitrogens is 2. The number of carbonyl (C=O) groups excluding carboxylic acids is 1. The number of likely N-dealkylation sites (tertiary alicyclic amines) is 1. The molecule has 3 heterocycles. The van der Waals surface area contributed by atoms with Crippen LogP contribution in [0.25, 0.3) is 4.96 Å². The minimum atomic E-state index is -0.298. The van der Waals surface area contributed by atoms with Gasteiger partial charge in [0.1, 0.15) is 5.56 Å². The molecular weight excluding hydrogens is 360 g/mol. The zero-order valence-corrected chi connectivity index (χ0v) is 16.8. The third-order valence-electron chi connectivity index (χ3n) is 6.16. The average Bonchev–Trinajstić information content (AvgIpc) is 3.09. The summed E-state index contributed by atoms with van der Waals surface area (Å²) in [5.74, 6) is -0.298. The maximum Gasteiger partial charge on any atom is 0.271 e. The third kappa shape index (κ3) is 3.67. The predicted octanol–water partition coefficient (Wildman–Crippen LogP) is 2.98. The van der Waals surface area contributed by atoms with Crippen molar-refractivity contribution in [3.63, 3.8) is 0 Å². The molecule has 2 aromatic heterocycles. The van der Waals surface area contributed by atoms with Gasteiger partial charge in [-0.05, 0) is 45.7 Å². The van der Waals surface area contributed by atoms with E-state index in [1.54, 1.807) is 6.20 Å². The number of carbonyl (C=O) groups is 1. The topological polar surface area (TPSA) is 66.7 Å². The second-order valence-corrected chi connectivity index (χ2v) is 9.20. The molecular formula is C20H28N4O2S. The van der Waals surface area contributed by atoms with E-state index in [-0.39, 0.29) is 22.6 Å². The van der Waals surface area contributed by atoms with E-state index in [2.05, 4.69) is 15.2 Å². The van der Waals surface area contributed by atoms with Crippen LogP contribution in [0.15, 0.2) is 17.2 Å². The first-order valence-electron chi connectivity index (χ1n) is 10.1. The number of hydrogen-bond acceptors (Lipinski definition) is 5. The highest BCUT2D eigenvalue weighted by Gasteiger charge is 2.38. The summed E-state index contributed by atoms with van der Waals surface area (Å²) >= 11 is 1.45. The largest absolute Gasteiger partial charge is 0.350 e. The first kappa shape index (κ1) is 18.6. The molecule has 0 radical (unpaired) electrons. The average molecular weight is 389 g/mol. The lowest BCUT2D eigenvalue weighted by atomic mass is 9.79. The van der Waals surface area contributed by atoms with Gasteiger partial charge in [0.2, 0.25) is 0 Å². The van der Waals surface area contributed by atoms with Gasteiger partial charge >= 0.3 is 0 Å². The Balaban J connectivity index is 1.53. The molecule has 1 aliphatic heterocycles. The molecule has 1 saturated heterocycles. The van der Waals surface area contributed by atoms with Crippen LogP contribution in [-0.4, -0.2) is 45.4 Å². The van der Waals surface area contributed by atoms with E-state index in [1.165, 1.54) is 60.5 Å².